The fourth-order valence-corrected chi connectivity index (χ4v) is 2.33. The van der Waals surface area contributed by atoms with Crippen molar-refractivity contribution in [3.63, 3.8) is 0 Å². The Bertz CT molecular complexity index is 471. The average Bonchev–Trinajstić information content (AvgIpc) is 2.85. The average molecular weight is 245 g/mol. The molecule has 0 aromatic carbocycles. The molecule has 1 fully saturated rings. The van der Waals surface area contributed by atoms with E-state index in [1.165, 1.54) is 12.8 Å². The minimum absolute atomic E-state index is 0.491. The maximum absolute atomic E-state index is 9.27. The van der Waals surface area contributed by atoms with Crippen molar-refractivity contribution in [1.29, 1.82) is 5.26 Å². The van der Waals surface area contributed by atoms with Crippen LogP contribution in [-0.4, -0.2) is 36.4 Å². The molecule has 1 aromatic heterocycles. The van der Waals surface area contributed by atoms with Crippen molar-refractivity contribution >= 4 is 5.82 Å². The SMILES string of the molecule is Cc1nnc(N(C)CC2CCCN2)c(C#N)c1C. The van der Waals surface area contributed by atoms with Crippen LogP contribution in [0.2, 0.25) is 0 Å². The summed E-state index contributed by atoms with van der Waals surface area (Å²) < 4.78 is 0. The molecule has 1 atom stereocenters. The zero-order valence-electron chi connectivity index (χ0n) is 11.2. The van der Waals surface area contributed by atoms with E-state index < -0.39 is 0 Å². The topological polar surface area (TPSA) is 64.8 Å². The first kappa shape index (κ1) is 12.8. The first-order valence-corrected chi connectivity index (χ1v) is 6.32. The molecule has 2 heterocycles. The molecule has 1 saturated heterocycles. The Hall–Kier alpha value is -1.67. The Morgan fingerprint density at radius 1 is 1.44 bits per heavy atom. The van der Waals surface area contributed by atoms with Gasteiger partial charge in [-0.3, -0.25) is 0 Å². The number of aromatic nitrogens is 2. The summed E-state index contributed by atoms with van der Waals surface area (Å²) in [6.07, 6.45) is 2.41. The van der Waals surface area contributed by atoms with Gasteiger partial charge in [-0.15, -0.1) is 5.10 Å². The van der Waals surface area contributed by atoms with Crippen LogP contribution in [0, 0.1) is 25.2 Å². The van der Waals surface area contributed by atoms with Crippen LogP contribution in [0.15, 0.2) is 0 Å². The third kappa shape index (κ3) is 2.44. The number of nitrogens with one attached hydrogen (secondary N) is 1. The molecule has 5 nitrogen and oxygen atoms in total. The molecule has 1 unspecified atom stereocenters. The number of hydrogen-bond acceptors (Lipinski definition) is 5. The lowest BCUT2D eigenvalue weighted by Crippen LogP contribution is -2.36. The summed E-state index contributed by atoms with van der Waals surface area (Å²) in [7, 11) is 1.97. The van der Waals surface area contributed by atoms with E-state index >= 15 is 0 Å². The normalized spacial score (nSPS) is 18.7. The molecule has 0 radical (unpaired) electrons. The van der Waals surface area contributed by atoms with Gasteiger partial charge >= 0.3 is 0 Å². The summed E-state index contributed by atoms with van der Waals surface area (Å²) in [5.41, 5.74) is 2.39. The van der Waals surface area contributed by atoms with Crippen molar-refractivity contribution in [2.24, 2.45) is 0 Å². The molecule has 0 bridgehead atoms. The van der Waals surface area contributed by atoms with Gasteiger partial charge < -0.3 is 10.2 Å². The molecule has 96 valence electrons. The van der Waals surface area contributed by atoms with Gasteiger partial charge in [0.05, 0.1) is 5.69 Å². The highest BCUT2D eigenvalue weighted by Crippen LogP contribution is 2.21. The fourth-order valence-electron chi connectivity index (χ4n) is 2.33. The van der Waals surface area contributed by atoms with Crippen LogP contribution in [0.25, 0.3) is 0 Å². The van der Waals surface area contributed by atoms with Gasteiger partial charge in [0, 0.05) is 19.6 Å². The smallest absolute Gasteiger partial charge is 0.169 e. The molecule has 1 aromatic rings. The number of nitrogens with zero attached hydrogens (tertiary/aromatic N) is 4. The summed E-state index contributed by atoms with van der Waals surface area (Å²) >= 11 is 0. The fraction of sp³-hybridized carbons (Fsp3) is 0.615. The summed E-state index contributed by atoms with van der Waals surface area (Å²) in [6.45, 7) is 5.76. The standard InChI is InChI=1S/C13H19N5/c1-9-10(2)16-17-13(12(9)7-14)18(3)8-11-5-4-6-15-11/h11,15H,4-6,8H2,1-3H3. The first-order valence-electron chi connectivity index (χ1n) is 6.32. The minimum atomic E-state index is 0.491. The number of aryl methyl sites for hydroxylation is 1. The van der Waals surface area contributed by atoms with E-state index in [1.807, 2.05) is 25.8 Å². The molecule has 5 heteroatoms. The molecule has 1 N–H and O–H groups in total. The van der Waals surface area contributed by atoms with Gasteiger partial charge in [-0.05, 0) is 38.8 Å². The number of hydrogen-bond donors (Lipinski definition) is 1. The van der Waals surface area contributed by atoms with Crippen LogP contribution in [0.4, 0.5) is 5.82 Å². The predicted molar refractivity (Wildman–Crippen MR) is 70.5 cm³/mol. The molecular weight excluding hydrogens is 226 g/mol. The van der Waals surface area contributed by atoms with Crippen molar-refractivity contribution in [3.05, 3.63) is 16.8 Å². The highest BCUT2D eigenvalue weighted by atomic mass is 15.3. The van der Waals surface area contributed by atoms with Gasteiger partial charge in [0.2, 0.25) is 0 Å². The maximum atomic E-state index is 9.27. The highest BCUT2D eigenvalue weighted by molar-refractivity contribution is 5.57. The van der Waals surface area contributed by atoms with E-state index in [2.05, 4.69) is 21.6 Å². The third-order valence-corrected chi connectivity index (χ3v) is 3.57. The highest BCUT2D eigenvalue weighted by Gasteiger charge is 2.20. The van der Waals surface area contributed by atoms with Gasteiger partial charge in [0.1, 0.15) is 11.6 Å². The first-order chi connectivity index (χ1) is 8.63. The number of anilines is 1. The van der Waals surface area contributed by atoms with E-state index in [0.29, 0.717) is 17.4 Å². The predicted octanol–water partition coefficient (Wildman–Crippen LogP) is 1.15. The minimum Gasteiger partial charge on any atom is -0.356 e. The Labute approximate surface area is 108 Å². The zero-order chi connectivity index (χ0) is 13.1. The molecule has 2 rings (SSSR count). The lowest BCUT2D eigenvalue weighted by atomic mass is 10.1. The largest absolute Gasteiger partial charge is 0.356 e. The van der Waals surface area contributed by atoms with Gasteiger partial charge in [0.25, 0.3) is 0 Å². The second-order valence-corrected chi connectivity index (χ2v) is 4.89. The summed E-state index contributed by atoms with van der Waals surface area (Å²) in [5.74, 6) is 0.689. The van der Waals surface area contributed by atoms with Crippen molar-refractivity contribution in [2.45, 2.75) is 32.7 Å². The molecule has 1 aliphatic rings. The number of nitriles is 1. The second kappa shape index (κ2) is 5.32. The lowest BCUT2D eigenvalue weighted by Gasteiger charge is -2.23. The number of likely N-dealkylation sites (N-methyl/N-ethyl adjacent to an activating group) is 1. The summed E-state index contributed by atoms with van der Waals surface area (Å²) in [4.78, 5) is 2.03. The third-order valence-electron chi connectivity index (χ3n) is 3.57. The molecule has 0 amide bonds. The molecule has 0 spiro atoms. The van der Waals surface area contributed by atoms with Gasteiger partial charge in [-0.2, -0.15) is 10.4 Å². The summed E-state index contributed by atoms with van der Waals surface area (Å²) in [6, 6.07) is 2.74. The van der Waals surface area contributed by atoms with Crippen molar-refractivity contribution in [1.82, 2.24) is 15.5 Å². The van der Waals surface area contributed by atoms with Crippen LogP contribution in [0.3, 0.4) is 0 Å². The van der Waals surface area contributed by atoms with E-state index in [1.54, 1.807) is 0 Å². The Balaban J connectivity index is 2.21. The van der Waals surface area contributed by atoms with Crippen LogP contribution in [-0.2, 0) is 0 Å². The Kier molecular flexibility index (Phi) is 3.78. The van der Waals surface area contributed by atoms with Crippen LogP contribution in [0.5, 0.6) is 0 Å². The number of rotatable bonds is 3. The summed E-state index contributed by atoms with van der Waals surface area (Å²) in [5, 5.41) is 21.0. The quantitative estimate of drug-likeness (QED) is 0.865. The molecule has 0 aliphatic carbocycles. The lowest BCUT2D eigenvalue weighted by molar-refractivity contribution is 0.595. The molecular formula is C13H19N5. The van der Waals surface area contributed by atoms with Crippen molar-refractivity contribution in [2.75, 3.05) is 25.0 Å². The van der Waals surface area contributed by atoms with Crippen LogP contribution < -0.4 is 10.2 Å². The zero-order valence-corrected chi connectivity index (χ0v) is 11.2. The van der Waals surface area contributed by atoms with Gasteiger partial charge in [-0.25, -0.2) is 0 Å². The van der Waals surface area contributed by atoms with Crippen molar-refractivity contribution < 1.29 is 0 Å². The van der Waals surface area contributed by atoms with E-state index in [4.69, 9.17) is 0 Å². The monoisotopic (exact) mass is 245 g/mol. The van der Waals surface area contributed by atoms with E-state index in [0.717, 1.165) is 24.3 Å². The Morgan fingerprint density at radius 2 is 2.22 bits per heavy atom. The van der Waals surface area contributed by atoms with Crippen LogP contribution >= 0.6 is 0 Å². The maximum Gasteiger partial charge on any atom is 0.169 e. The second-order valence-electron chi connectivity index (χ2n) is 4.89. The van der Waals surface area contributed by atoms with E-state index in [9.17, 15) is 5.26 Å². The van der Waals surface area contributed by atoms with Crippen LogP contribution in [0.1, 0.15) is 29.7 Å². The molecule has 18 heavy (non-hydrogen) atoms. The molecule has 1 aliphatic heterocycles. The Morgan fingerprint density at radius 3 is 2.83 bits per heavy atom. The van der Waals surface area contributed by atoms with E-state index in [-0.39, 0.29) is 0 Å². The van der Waals surface area contributed by atoms with Gasteiger partial charge in [0.15, 0.2) is 5.82 Å². The molecule has 0 saturated carbocycles. The van der Waals surface area contributed by atoms with Gasteiger partial charge in [-0.1, -0.05) is 0 Å². The van der Waals surface area contributed by atoms with Crippen molar-refractivity contribution in [3.8, 4) is 6.07 Å².